The van der Waals surface area contributed by atoms with E-state index in [0.717, 1.165) is 33.6 Å². The second kappa shape index (κ2) is 9.86. The fraction of sp³-hybridized carbons (Fsp3) is 0. The number of rotatable bonds is 4. The molecular weight excluding hydrogens is 534 g/mol. The standard InChI is InChI=1S/C42H27NO/c1-3-10-28(11-4-1)30-12-9-15-33(26-30)43(32-13-5-2-6-14-32)34-21-23-35-31(27-34)19-18-29-20-22-37-36(41(29)35)24-25-40-42(37)38-16-7-8-17-39(38)44-40/h1-27H. The van der Waals surface area contributed by atoms with E-state index in [2.05, 4.69) is 157 Å². The fourth-order valence-electron chi connectivity index (χ4n) is 6.80. The molecule has 206 valence electrons. The Balaban J connectivity index is 1.26. The molecule has 0 aliphatic carbocycles. The first-order valence-corrected chi connectivity index (χ1v) is 15.0. The molecule has 0 bridgehead atoms. The van der Waals surface area contributed by atoms with Gasteiger partial charge in [-0.2, -0.15) is 0 Å². The first kappa shape index (κ1) is 24.7. The Labute approximate surface area is 255 Å². The smallest absolute Gasteiger partial charge is 0.136 e. The number of furan rings is 1. The lowest BCUT2D eigenvalue weighted by Gasteiger charge is -2.26. The van der Waals surface area contributed by atoms with Gasteiger partial charge in [0.2, 0.25) is 0 Å². The molecule has 0 atom stereocenters. The largest absolute Gasteiger partial charge is 0.456 e. The fourth-order valence-corrected chi connectivity index (χ4v) is 6.80. The molecule has 9 rings (SSSR count). The molecule has 0 fully saturated rings. The summed E-state index contributed by atoms with van der Waals surface area (Å²) in [5, 5.41) is 9.77. The van der Waals surface area contributed by atoms with Crippen LogP contribution >= 0.6 is 0 Å². The Morgan fingerprint density at radius 3 is 1.86 bits per heavy atom. The molecule has 2 nitrogen and oxygen atoms in total. The molecule has 9 aromatic rings. The monoisotopic (exact) mass is 561 g/mol. The first-order chi connectivity index (χ1) is 21.8. The van der Waals surface area contributed by atoms with Gasteiger partial charge < -0.3 is 9.32 Å². The van der Waals surface area contributed by atoms with Gasteiger partial charge in [-0.25, -0.2) is 0 Å². The van der Waals surface area contributed by atoms with E-state index in [4.69, 9.17) is 4.42 Å². The number of benzene rings is 8. The van der Waals surface area contributed by atoms with Crippen LogP contribution in [-0.4, -0.2) is 0 Å². The third-order valence-electron chi connectivity index (χ3n) is 8.80. The molecule has 0 amide bonds. The van der Waals surface area contributed by atoms with E-state index >= 15 is 0 Å². The number of hydrogen-bond donors (Lipinski definition) is 0. The molecule has 0 aliphatic heterocycles. The third-order valence-corrected chi connectivity index (χ3v) is 8.80. The van der Waals surface area contributed by atoms with Crippen LogP contribution < -0.4 is 4.90 Å². The van der Waals surface area contributed by atoms with Crippen molar-refractivity contribution in [1.29, 1.82) is 0 Å². The van der Waals surface area contributed by atoms with E-state index in [0.29, 0.717) is 0 Å². The maximum absolute atomic E-state index is 6.22. The number of anilines is 3. The van der Waals surface area contributed by atoms with Crippen molar-refractivity contribution in [3.8, 4) is 11.1 Å². The summed E-state index contributed by atoms with van der Waals surface area (Å²) < 4.78 is 6.22. The Morgan fingerprint density at radius 1 is 0.341 bits per heavy atom. The average Bonchev–Trinajstić information content (AvgIpc) is 3.48. The van der Waals surface area contributed by atoms with Crippen molar-refractivity contribution >= 4 is 71.3 Å². The van der Waals surface area contributed by atoms with Gasteiger partial charge >= 0.3 is 0 Å². The van der Waals surface area contributed by atoms with Gasteiger partial charge in [-0.05, 0) is 98.0 Å². The van der Waals surface area contributed by atoms with Gasteiger partial charge in [0.25, 0.3) is 0 Å². The molecule has 0 spiro atoms. The summed E-state index contributed by atoms with van der Waals surface area (Å²) in [7, 11) is 0. The number of fused-ring (bicyclic) bond motifs is 9. The highest BCUT2D eigenvalue weighted by atomic mass is 16.3. The summed E-state index contributed by atoms with van der Waals surface area (Å²) in [6.07, 6.45) is 0. The maximum atomic E-state index is 6.22. The maximum Gasteiger partial charge on any atom is 0.136 e. The molecule has 44 heavy (non-hydrogen) atoms. The SMILES string of the molecule is c1ccc(-c2cccc(N(c3ccccc3)c3ccc4c(ccc5ccc6c(ccc7oc8ccccc8c76)c54)c3)c2)cc1. The van der Waals surface area contributed by atoms with Crippen molar-refractivity contribution in [2.45, 2.75) is 0 Å². The van der Waals surface area contributed by atoms with Gasteiger partial charge in [-0.3, -0.25) is 0 Å². The van der Waals surface area contributed by atoms with Gasteiger partial charge in [0.05, 0.1) is 0 Å². The summed E-state index contributed by atoms with van der Waals surface area (Å²) in [4.78, 5) is 2.35. The van der Waals surface area contributed by atoms with Gasteiger partial charge in [0.15, 0.2) is 0 Å². The molecule has 0 saturated heterocycles. The molecule has 8 aromatic carbocycles. The zero-order valence-electron chi connectivity index (χ0n) is 23.9. The van der Waals surface area contributed by atoms with Crippen molar-refractivity contribution in [1.82, 2.24) is 0 Å². The first-order valence-electron chi connectivity index (χ1n) is 15.0. The molecule has 0 aliphatic rings. The van der Waals surface area contributed by atoms with E-state index in [1.807, 2.05) is 12.1 Å². The van der Waals surface area contributed by atoms with Crippen LogP contribution in [0.2, 0.25) is 0 Å². The minimum Gasteiger partial charge on any atom is -0.456 e. The Hall–Kier alpha value is -5.86. The van der Waals surface area contributed by atoms with Crippen LogP contribution in [0.25, 0.3) is 65.4 Å². The van der Waals surface area contributed by atoms with E-state index in [1.165, 1.54) is 48.8 Å². The van der Waals surface area contributed by atoms with Crippen LogP contribution in [-0.2, 0) is 0 Å². The zero-order valence-corrected chi connectivity index (χ0v) is 23.9. The van der Waals surface area contributed by atoms with E-state index in [9.17, 15) is 0 Å². The summed E-state index contributed by atoms with van der Waals surface area (Å²) in [6.45, 7) is 0. The molecule has 0 radical (unpaired) electrons. The lowest BCUT2D eigenvalue weighted by molar-refractivity contribution is 0.669. The predicted octanol–water partition coefficient (Wildman–Crippen LogP) is 12.2. The average molecular weight is 562 g/mol. The zero-order chi connectivity index (χ0) is 29.0. The lowest BCUT2D eigenvalue weighted by atomic mass is 9.94. The quantitative estimate of drug-likeness (QED) is 0.199. The molecule has 0 N–H and O–H groups in total. The van der Waals surface area contributed by atoms with Crippen molar-refractivity contribution in [3.63, 3.8) is 0 Å². The van der Waals surface area contributed by atoms with Gasteiger partial charge in [0.1, 0.15) is 11.2 Å². The highest BCUT2D eigenvalue weighted by Crippen LogP contribution is 2.42. The number of para-hydroxylation sites is 2. The Morgan fingerprint density at radius 2 is 0.977 bits per heavy atom. The minimum absolute atomic E-state index is 0.926. The van der Waals surface area contributed by atoms with Crippen LogP contribution in [0.1, 0.15) is 0 Å². The second-order valence-corrected chi connectivity index (χ2v) is 11.4. The molecule has 0 saturated carbocycles. The predicted molar refractivity (Wildman–Crippen MR) is 186 cm³/mol. The van der Waals surface area contributed by atoms with Crippen molar-refractivity contribution < 1.29 is 4.42 Å². The van der Waals surface area contributed by atoms with Crippen LogP contribution in [0.5, 0.6) is 0 Å². The van der Waals surface area contributed by atoms with Crippen LogP contribution in [0.4, 0.5) is 17.1 Å². The summed E-state index contributed by atoms with van der Waals surface area (Å²) >= 11 is 0. The van der Waals surface area contributed by atoms with Gasteiger partial charge in [0, 0.05) is 27.8 Å². The van der Waals surface area contributed by atoms with Crippen LogP contribution in [0, 0.1) is 0 Å². The van der Waals surface area contributed by atoms with Crippen molar-refractivity contribution in [3.05, 3.63) is 164 Å². The topological polar surface area (TPSA) is 16.4 Å². The normalized spacial score (nSPS) is 11.6. The highest BCUT2D eigenvalue weighted by molar-refractivity contribution is 6.28. The van der Waals surface area contributed by atoms with E-state index < -0.39 is 0 Å². The molecule has 0 unspecified atom stereocenters. The summed E-state index contributed by atoms with van der Waals surface area (Å²) in [5.74, 6) is 0. The van der Waals surface area contributed by atoms with E-state index in [1.54, 1.807) is 0 Å². The van der Waals surface area contributed by atoms with Gasteiger partial charge in [-0.15, -0.1) is 0 Å². The van der Waals surface area contributed by atoms with Crippen molar-refractivity contribution in [2.24, 2.45) is 0 Å². The summed E-state index contributed by atoms with van der Waals surface area (Å²) in [6, 6.07) is 58.5. The van der Waals surface area contributed by atoms with E-state index in [-0.39, 0.29) is 0 Å². The third kappa shape index (κ3) is 3.89. The molecule has 1 aromatic heterocycles. The number of hydrogen-bond acceptors (Lipinski definition) is 2. The molecular formula is C42H27NO. The molecule has 1 heterocycles. The minimum atomic E-state index is 0.926. The molecule has 2 heteroatoms. The highest BCUT2D eigenvalue weighted by Gasteiger charge is 2.16. The Bertz CT molecular complexity index is 2490. The number of nitrogens with zero attached hydrogens (tertiary/aromatic N) is 1. The van der Waals surface area contributed by atoms with Crippen LogP contribution in [0.15, 0.2) is 168 Å². The van der Waals surface area contributed by atoms with Crippen LogP contribution in [0.3, 0.4) is 0 Å². The Kier molecular flexibility index (Phi) is 5.54. The summed E-state index contributed by atoms with van der Waals surface area (Å²) in [5.41, 5.74) is 7.62. The lowest BCUT2D eigenvalue weighted by Crippen LogP contribution is -2.09. The van der Waals surface area contributed by atoms with Crippen molar-refractivity contribution in [2.75, 3.05) is 4.90 Å². The van der Waals surface area contributed by atoms with Gasteiger partial charge in [-0.1, -0.05) is 109 Å². The second-order valence-electron chi connectivity index (χ2n) is 11.4.